The number of pyridine rings is 1. The lowest BCUT2D eigenvalue weighted by Crippen LogP contribution is -2.56. The molecule has 3 fully saturated rings. The number of carbonyl (C=O) groups is 2. The summed E-state index contributed by atoms with van der Waals surface area (Å²) in [4.78, 5) is 34.4. The van der Waals surface area contributed by atoms with E-state index in [-0.39, 0.29) is 29.3 Å². The summed E-state index contributed by atoms with van der Waals surface area (Å²) in [6.45, 7) is 2.71. The number of hydrogen-bond donors (Lipinski definition) is 2. The van der Waals surface area contributed by atoms with Gasteiger partial charge >= 0.3 is 0 Å². The van der Waals surface area contributed by atoms with Gasteiger partial charge in [-0.3, -0.25) is 9.59 Å². The number of nitrogens with one attached hydrogen (secondary N) is 2. The van der Waals surface area contributed by atoms with Crippen LogP contribution >= 0.6 is 11.3 Å². The van der Waals surface area contributed by atoms with Gasteiger partial charge < -0.3 is 15.4 Å². The molecule has 0 unspecified atom stereocenters. The second-order valence-electron chi connectivity index (χ2n) is 9.67. The van der Waals surface area contributed by atoms with Crippen LogP contribution in [-0.4, -0.2) is 33.8 Å². The maximum Gasteiger partial charge on any atom is 0.263 e. The van der Waals surface area contributed by atoms with Crippen LogP contribution in [-0.2, 0) is 11.3 Å². The van der Waals surface area contributed by atoms with Crippen molar-refractivity contribution in [1.82, 2.24) is 15.3 Å². The van der Waals surface area contributed by atoms with E-state index >= 15 is 0 Å². The van der Waals surface area contributed by atoms with Gasteiger partial charge in [0, 0.05) is 17.5 Å². The summed E-state index contributed by atoms with van der Waals surface area (Å²) in [5, 5.41) is 7.18. The number of Topliss-reactive ketones (excluding diaryl/α,β-unsaturated/α-hetero) is 1. The van der Waals surface area contributed by atoms with Gasteiger partial charge in [-0.05, 0) is 69.2 Å². The lowest BCUT2D eigenvalue weighted by molar-refractivity contribution is -0.118. The smallest absolute Gasteiger partial charge is 0.263 e. The van der Waals surface area contributed by atoms with Gasteiger partial charge in [0.05, 0.1) is 15.9 Å². The van der Waals surface area contributed by atoms with Gasteiger partial charge in [0.25, 0.3) is 5.91 Å². The van der Waals surface area contributed by atoms with Crippen LogP contribution in [0.3, 0.4) is 0 Å². The summed E-state index contributed by atoms with van der Waals surface area (Å²) in [7, 11) is 0. The maximum atomic E-state index is 13.6. The number of hydrogen-bond acceptors (Lipinski definition) is 7. The highest BCUT2D eigenvalue weighted by Gasteiger charge is 2.52. The first kappa shape index (κ1) is 20.7. The molecule has 0 spiro atoms. The van der Waals surface area contributed by atoms with E-state index in [2.05, 4.69) is 21.7 Å². The average Bonchev–Trinajstić information content (AvgIpc) is 3.29. The Kier molecular flexibility index (Phi) is 4.78. The number of ether oxygens (including phenoxy) is 1. The van der Waals surface area contributed by atoms with Gasteiger partial charge in [0.15, 0.2) is 29.0 Å². The van der Waals surface area contributed by atoms with E-state index in [0.29, 0.717) is 23.1 Å². The van der Waals surface area contributed by atoms with E-state index in [9.17, 15) is 9.59 Å². The fourth-order valence-electron chi connectivity index (χ4n) is 5.58. The number of aromatic nitrogens is 2. The highest BCUT2D eigenvalue weighted by molar-refractivity contribution is 7.20. The predicted molar refractivity (Wildman–Crippen MR) is 127 cm³/mol. The maximum absolute atomic E-state index is 13.6. The van der Waals surface area contributed by atoms with Crippen molar-refractivity contribution in [2.24, 2.45) is 5.41 Å². The molecule has 7 rings (SSSR count). The predicted octanol–water partition coefficient (Wildman–Crippen LogP) is 4.40. The topological polar surface area (TPSA) is 93.2 Å². The van der Waals surface area contributed by atoms with Gasteiger partial charge in [-0.15, -0.1) is 11.3 Å². The Balaban J connectivity index is 1.14. The Bertz CT molecular complexity index is 1260. The van der Waals surface area contributed by atoms with Gasteiger partial charge in [0.1, 0.15) is 0 Å². The highest BCUT2D eigenvalue weighted by Crippen LogP contribution is 2.54. The molecular weight excluding hydrogens is 436 g/mol. The molecule has 1 aromatic carbocycles. The number of para-hydroxylation sites is 1. The largest absolute Gasteiger partial charge is 0.480 e. The molecule has 4 aliphatic rings. The number of fused-ring (bicyclic) bond motifs is 5. The number of rotatable bonds is 5. The van der Waals surface area contributed by atoms with E-state index in [1.165, 1.54) is 11.3 Å². The fourth-order valence-corrected chi connectivity index (χ4v) is 6.69. The second-order valence-corrected chi connectivity index (χ2v) is 10.7. The number of amides is 1. The van der Waals surface area contributed by atoms with Crippen LogP contribution < -0.4 is 15.4 Å². The number of ketones is 1. The molecule has 3 aliphatic carbocycles. The van der Waals surface area contributed by atoms with Crippen LogP contribution in [0.1, 0.15) is 59.6 Å². The van der Waals surface area contributed by atoms with Crippen LogP contribution in [0.5, 0.6) is 5.75 Å². The zero-order chi connectivity index (χ0) is 22.6. The summed E-state index contributed by atoms with van der Waals surface area (Å²) in [6.07, 6.45) is 5.63. The molecule has 2 bridgehead atoms. The minimum absolute atomic E-state index is 0.0342. The van der Waals surface area contributed by atoms with Gasteiger partial charge in [-0.2, -0.15) is 0 Å². The Hall–Kier alpha value is -2.84. The summed E-state index contributed by atoms with van der Waals surface area (Å²) in [6, 6.07) is 9.93. The van der Waals surface area contributed by atoms with Crippen molar-refractivity contribution in [3.05, 3.63) is 46.6 Å². The zero-order valence-corrected chi connectivity index (χ0v) is 19.4. The van der Waals surface area contributed by atoms with Crippen LogP contribution in [0.25, 0.3) is 10.2 Å². The normalized spacial score (nSPS) is 26.0. The van der Waals surface area contributed by atoms with E-state index in [1.807, 2.05) is 31.2 Å². The number of thiazole rings is 1. The molecule has 8 heteroatoms. The number of anilines is 1. The zero-order valence-electron chi connectivity index (χ0n) is 18.6. The molecule has 0 atom stereocenters. The van der Waals surface area contributed by atoms with Crippen molar-refractivity contribution in [1.29, 1.82) is 0 Å². The first-order valence-corrected chi connectivity index (χ1v) is 12.4. The number of nitrogens with zero attached hydrogens (tertiary/aromatic N) is 2. The molecule has 2 aromatic heterocycles. The van der Waals surface area contributed by atoms with E-state index in [4.69, 9.17) is 9.72 Å². The van der Waals surface area contributed by atoms with Gasteiger partial charge in [0.2, 0.25) is 0 Å². The standard InChI is InChI=1S/C25H26N4O3S/c1-15-3-2-4-18-20(15)29-23(33-18)21(31)24-7-10-25(11-8-24,12-9-24)26-13-16-5-6-17-22(27-16)28-19(30)14-32-17/h2-6,26H,7-14H2,1H3,(H,27,28,30). The second kappa shape index (κ2) is 7.60. The Morgan fingerprint density at radius 2 is 1.91 bits per heavy atom. The molecule has 0 saturated heterocycles. The van der Waals surface area contributed by atoms with Crippen molar-refractivity contribution in [3.63, 3.8) is 0 Å². The Morgan fingerprint density at radius 1 is 1.12 bits per heavy atom. The van der Waals surface area contributed by atoms with Crippen molar-refractivity contribution in [2.45, 2.75) is 57.5 Å². The quantitative estimate of drug-likeness (QED) is 0.546. The average molecular weight is 463 g/mol. The minimum Gasteiger partial charge on any atom is -0.480 e. The molecule has 3 heterocycles. The van der Waals surface area contributed by atoms with E-state index < -0.39 is 0 Å². The Labute approximate surface area is 196 Å². The molecule has 3 aromatic rings. The highest BCUT2D eigenvalue weighted by atomic mass is 32.1. The molecule has 2 N–H and O–H groups in total. The third-order valence-electron chi connectivity index (χ3n) is 7.72. The van der Waals surface area contributed by atoms with Crippen molar-refractivity contribution in [2.75, 3.05) is 11.9 Å². The molecule has 3 saturated carbocycles. The summed E-state index contributed by atoms with van der Waals surface area (Å²) in [5.41, 5.74) is 2.74. The summed E-state index contributed by atoms with van der Waals surface area (Å²) < 4.78 is 6.49. The molecule has 0 radical (unpaired) electrons. The van der Waals surface area contributed by atoms with E-state index in [1.54, 1.807) is 0 Å². The fraction of sp³-hybridized carbons (Fsp3) is 0.440. The first-order chi connectivity index (χ1) is 16.0. The Morgan fingerprint density at radius 3 is 2.67 bits per heavy atom. The first-order valence-electron chi connectivity index (χ1n) is 11.5. The van der Waals surface area contributed by atoms with E-state index in [0.717, 1.165) is 60.0 Å². The van der Waals surface area contributed by atoms with Crippen LogP contribution in [0.4, 0.5) is 5.82 Å². The van der Waals surface area contributed by atoms with Gasteiger partial charge in [-0.1, -0.05) is 12.1 Å². The van der Waals surface area contributed by atoms with Crippen molar-refractivity contribution < 1.29 is 14.3 Å². The lowest BCUT2D eigenvalue weighted by Gasteiger charge is -2.52. The number of carbonyl (C=O) groups excluding carboxylic acids is 2. The number of aryl methyl sites for hydroxylation is 1. The third kappa shape index (κ3) is 3.52. The molecule has 1 aliphatic heterocycles. The van der Waals surface area contributed by atoms with Crippen molar-refractivity contribution >= 4 is 39.1 Å². The molecular formula is C25H26N4O3S. The van der Waals surface area contributed by atoms with Crippen LogP contribution in [0.15, 0.2) is 30.3 Å². The SMILES string of the molecule is Cc1cccc2sc(C(=O)C34CCC(NCc5ccc6c(n5)NC(=O)CO6)(CC3)CC4)nc12. The van der Waals surface area contributed by atoms with Crippen LogP contribution in [0, 0.1) is 12.3 Å². The molecule has 1 amide bonds. The monoisotopic (exact) mass is 462 g/mol. The van der Waals surface area contributed by atoms with Crippen molar-refractivity contribution in [3.8, 4) is 5.75 Å². The number of benzene rings is 1. The molecule has 7 nitrogen and oxygen atoms in total. The third-order valence-corrected chi connectivity index (χ3v) is 8.74. The minimum atomic E-state index is -0.267. The summed E-state index contributed by atoms with van der Waals surface area (Å²) in [5.74, 6) is 1.16. The molecule has 33 heavy (non-hydrogen) atoms. The van der Waals surface area contributed by atoms with Crippen LogP contribution in [0.2, 0.25) is 0 Å². The molecule has 170 valence electrons. The lowest BCUT2D eigenvalue weighted by atomic mass is 9.56. The summed E-state index contributed by atoms with van der Waals surface area (Å²) >= 11 is 1.54. The van der Waals surface area contributed by atoms with Gasteiger partial charge in [-0.25, -0.2) is 9.97 Å².